The summed E-state index contributed by atoms with van der Waals surface area (Å²) < 4.78 is 5.37. The van der Waals surface area contributed by atoms with Crippen LogP contribution in [0.3, 0.4) is 0 Å². The monoisotopic (exact) mass is 344 g/mol. The van der Waals surface area contributed by atoms with Gasteiger partial charge in [0.1, 0.15) is 5.76 Å². The number of nitrogens with zero attached hydrogens (tertiary/aromatic N) is 1. The molecule has 0 saturated carbocycles. The maximum atomic E-state index is 12.5. The lowest BCUT2D eigenvalue weighted by molar-refractivity contribution is -0.137. The van der Waals surface area contributed by atoms with E-state index in [1.165, 1.54) is 4.90 Å². The number of furan rings is 1. The van der Waals surface area contributed by atoms with Crippen molar-refractivity contribution in [3.05, 3.63) is 59.5 Å². The molecule has 0 aliphatic rings. The van der Waals surface area contributed by atoms with Crippen LogP contribution in [0.25, 0.3) is 0 Å². The molecule has 0 fully saturated rings. The maximum absolute atomic E-state index is 12.5. The van der Waals surface area contributed by atoms with Crippen molar-refractivity contribution in [2.45, 2.75) is 38.8 Å². The van der Waals surface area contributed by atoms with E-state index < -0.39 is 5.97 Å². The predicted molar refractivity (Wildman–Crippen MR) is 94.2 cm³/mol. The number of hydrogen-bond donors (Lipinski definition) is 2. The SMILES string of the molecule is Cc1ccoc1CN(C)C(=O)NC(CCC(=O)O)Cc1ccccc1. The second kappa shape index (κ2) is 8.92. The number of carboxylic acids is 1. The van der Waals surface area contributed by atoms with Gasteiger partial charge in [0, 0.05) is 19.5 Å². The Hall–Kier alpha value is -2.76. The van der Waals surface area contributed by atoms with E-state index in [4.69, 9.17) is 9.52 Å². The predicted octanol–water partition coefficient (Wildman–Crippen LogP) is 3.21. The zero-order valence-corrected chi connectivity index (χ0v) is 14.6. The Kier molecular flexibility index (Phi) is 6.62. The number of aryl methyl sites for hydroxylation is 1. The zero-order chi connectivity index (χ0) is 18.2. The molecule has 134 valence electrons. The van der Waals surface area contributed by atoms with Crippen LogP contribution in [-0.4, -0.2) is 35.1 Å². The molecule has 1 aromatic heterocycles. The minimum absolute atomic E-state index is 0.0127. The van der Waals surface area contributed by atoms with Crippen LogP contribution in [0, 0.1) is 6.92 Å². The van der Waals surface area contributed by atoms with Crippen LogP contribution in [0.2, 0.25) is 0 Å². The average Bonchev–Trinajstić information content (AvgIpc) is 2.98. The molecular formula is C19H24N2O4. The highest BCUT2D eigenvalue weighted by Crippen LogP contribution is 2.12. The lowest BCUT2D eigenvalue weighted by Crippen LogP contribution is -2.44. The Bertz CT molecular complexity index is 696. The summed E-state index contributed by atoms with van der Waals surface area (Å²) in [6, 6.07) is 11.1. The number of aliphatic carboxylic acids is 1. The molecule has 0 spiro atoms. The standard InChI is InChI=1S/C19H24N2O4/c1-14-10-11-25-17(14)13-21(2)19(24)20-16(8-9-18(22)23)12-15-6-4-3-5-7-15/h3-7,10-11,16H,8-9,12-13H2,1-2H3,(H,20,24)(H,22,23). The topological polar surface area (TPSA) is 82.8 Å². The summed E-state index contributed by atoms with van der Waals surface area (Å²) in [7, 11) is 1.69. The van der Waals surface area contributed by atoms with Gasteiger partial charge in [-0.05, 0) is 37.0 Å². The first kappa shape index (κ1) is 18.6. The number of urea groups is 1. The molecule has 1 heterocycles. The van der Waals surface area contributed by atoms with E-state index in [9.17, 15) is 9.59 Å². The average molecular weight is 344 g/mol. The molecule has 0 aliphatic heterocycles. The molecule has 1 atom stereocenters. The third-order valence-electron chi connectivity index (χ3n) is 4.05. The van der Waals surface area contributed by atoms with Gasteiger partial charge < -0.3 is 19.7 Å². The molecule has 2 amide bonds. The molecule has 2 aromatic rings. The van der Waals surface area contributed by atoms with Gasteiger partial charge >= 0.3 is 12.0 Å². The Morgan fingerprint density at radius 1 is 1.24 bits per heavy atom. The Morgan fingerprint density at radius 3 is 2.56 bits per heavy atom. The third kappa shape index (κ3) is 5.99. The van der Waals surface area contributed by atoms with Crippen LogP contribution in [0.4, 0.5) is 4.79 Å². The van der Waals surface area contributed by atoms with E-state index in [1.54, 1.807) is 13.3 Å². The smallest absolute Gasteiger partial charge is 0.317 e. The van der Waals surface area contributed by atoms with Gasteiger partial charge in [0.15, 0.2) is 0 Å². The van der Waals surface area contributed by atoms with Crippen molar-refractivity contribution in [3.8, 4) is 0 Å². The van der Waals surface area contributed by atoms with E-state index in [0.717, 1.165) is 16.9 Å². The molecule has 6 nitrogen and oxygen atoms in total. The summed E-state index contributed by atoms with van der Waals surface area (Å²) in [6.45, 7) is 2.29. The quantitative estimate of drug-likeness (QED) is 0.770. The number of carbonyl (C=O) groups is 2. The highest BCUT2D eigenvalue weighted by atomic mass is 16.4. The van der Waals surface area contributed by atoms with Crippen molar-refractivity contribution in [2.24, 2.45) is 0 Å². The summed E-state index contributed by atoms with van der Waals surface area (Å²) in [5.41, 5.74) is 2.05. The molecule has 1 unspecified atom stereocenters. The highest BCUT2D eigenvalue weighted by molar-refractivity contribution is 5.74. The number of rotatable bonds is 8. The second-order valence-corrected chi connectivity index (χ2v) is 6.15. The normalized spacial score (nSPS) is 11.8. The first-order valence-corrected chi connectivity index (χ1v) is 8.26. The fourth-order valence-corrected chi connectivity index (χ4v) is 2.56. The van der Waals surface area contributed by atoms with Crippen molar-refractivity contribution >= 4 is 12.0 Å². The summed E-state index contributed by atoms with van der Waals surface area (Å²) in [4.78, 5) is 24.9. The summed E-state index contributed by atoms with van der Waals surface area (Å²) in [5.74, 6) is -0.130. The van der Waals surface area contributed by atoms with Gasteiger partial charge in [0.25, 0.3) is 0 Å². The van der Waals surface area contributed by atoms with Crippen molar-refractivity contribution in [3.63, 3.8) is 0 Å². The van der Waals surface area contributed by atoms with Gasteiger partial charge in [-0.3, -0.25) is 4.79 Å². The second-order valence-electron chi connectivity index (χ2n) is 6.15. The van der Waals surface area contributed by atoms with Crippen LogP contribution < -0.4 is 5.32 Å². The van der Waals surface area contributed by atoms with E-state index in [-0.39, 0.29) is 18.5 Å². The third-order valence-corrected chi connectivity index (χ3v) is 4.05. The van der Waals surface area contributed by atoms with E-state index in [1.807, 2.05) is 43.3 Å². The molecule has 0 radical (unpaired) electrons. The van der Waals surface area contributed by atoms with Gasteiger partial charge in [0.2, 0.25) is 0 Å². The number of amides is 2. The van der Waals surface area contributed by atoms with Crippen molar-refractivity contribution in [2.75, 3.05) is 7.05 Å². The van der Waals surface area contributed by atoms with Gasteiger partial charge in [0.05, 0.1) is 12.8 Å². The summed E-state index contributed by atoms with van der Waals surface area (Å²) in [5, 5.41) is 11.9. The minimum atomic E-state index is -0.869. The van der Waals surface area contributed by atoms with Gasteiger partial charge in [-0.15, -0.1) is 0 Å². The van der Waals surface area contributed by atoms with E-state index in [0.29, 0.717) is 19.4 Å². The Labute approximate surface area is 147 Å². The highest BCUT2D eigenvalue weighted by Gasteiger charge is 2.18. The minimum Gasteiger partial charge on any atom is -0.481 e. The van der Waals surface area contributed by atoms with Crippen molar-refractivity contribution < 1.29 is 19.1 Å². The van der Waals surface area contributed by atoms with Gasteiger partial charge in [-0.25, -0.2) is 4.79 Å². The molecule has 0 bridgehead atoms. The van der Waals surface area contributed by atoms with E-state index in [2.05, 4.69) is 5.32 Å². The Balaban J connectivity index is 1.97. The molecule has 0 saturated heterocycles. The van der Waals surface area contributed by atoms with Crippen LogP contribution in [-0.2, 0) is 17.8 Å². The van der Waals surface area contributed by atoms with Crippen LogP contribution in [0.5, 0.6) is 0 Å². The van der Waals surface area contributed by atoms with Crippen LogP contribution >= 0.6 is 0 Å². The number of nitrogens with one attached hydrogen (secondary N) is 1. The number of carbonyl (C=O) groups excluding carboxylic acids is 1. The molecular weight excluding hydrogens is 320 g/mol. The molecule has 6 heteroatoms. The Morgan fingerprint density at radius 2 is 1.96 bits per heavy atom. The first-order chi connectivity index (χ1) is 12.0. The number of carboxylic acid groups (broad SMARTS) is 1. The van der Waals surface area contributed by atoms with Gasteiger partial charge in [-0.1, -0.05) is 30.3 Å². The van der Waals surface area contributed by atoms with Crippen molar-refractivity contribution in [1.29, 1.82) is 0 Å². The van der Waals surface area contributed by atoms with Crippen LogP contribution in [0.1, 0.15) is 29.7 Å². The zero-order valence-electron chi connectivity index (χ0n) is 14.6. The molecule has 2 rings (SSSR count). The fourth-order valence-electron chi connectivity index (χ4n) is 2.56. The van der Waals surface area contributed by atoms with Crippen molar-refractivity contribution in [1.82, 2.24) is 10.2 Å². The van der Waals surface area contributed by atoms with E-state index >= 15 is 0 Å². The van der Waals surface area contributed by atoms with Gasteiger partial charge in [-0.2, -0.15) is 0 Å². The lowest BCUT2D eigenvalue weighted by atomic mass is 10.0. The summed E-state index contributed by atoms with van der Waals surface area (Å²) in [6.07, 6.45) is 2.58. The number of benzene rings is 1. The summed E-state index contributed by atoms with van der Waals surface area (Å²) >= 11 is 0. The fraction of sp³-hybridized carbons (Fsp3) is 0.368. The molecule has 2 N–H and O–H groups in total. The molecule has 0 aliphatic carbocycles. The number of hydrogen-bond acceptors (Lipinski definition) is 3. The maximum Gasteiger partial charge on any atom is 0.317 e. The first-order valence-electron chi connectivity index (χ1n) is 8.26. The molecule has 25 heavy (non-hydrogen) atoms. The largest absolute Gasteiger partial charge is 0.481 e. The lowest BCUT2D eigenvalue weighted by Gasteiger charge is -2.23. The van der Waals surface area contributed by atoms with Crippen LogP contribution in [0.15, 0.2) is 47.1 Å². The molecule has 1 aromatic carbocycles.